The van der Waals surface area contributed by atoms with Gasteiger partial charge in [0.2, 0.25) is 5.91 Å². The molecular formula is C24H38N2O3. The molecule has 1 saturated heterocycles. The average molecular weight is 403 g/mol. The molecule has 0 aromatic heterocycles. The van der Waals surface area contributed by atoms with E-state index in [0.717, 1.165) is 37.4 Å². The molecule has 1 heterocycles. The predicted octanol–water partition coefficient (Wildman–Crippen LogP) is 3.75. The van der Waals surface area contributed by atoms with E-state index in [2.05, 4.69) is 37.1 Å². The number of aliphatic hydroxyl groups excluding tert-OH is 1. The fourth-order valence-electron chi connectivity index (χ4n) is 4.69. The third-order valence-corrected chi connectivity index (χ3v) is 6.78. The van der Waals surface area contributed by atoms with Crippen molar-refractivity contribution in [1.82, 2.24) is 10.2 Å². The second-order valence-corrected chi connectivity index (χ2v) is 9.22. The van der Waals surface area contributed by atoms with Crippen molar-refractivity contribution >= 4 is 5.91 Å². The third-order valence-electron chi connectivity index (χ3n) is 6.78. The normalized spacial score (nSPS) is 20.3. The lowest BCUT2D eigenvalue weighted by atomic mass is 9.91. The molecule has 1 aliphatic heterocycles. The summed E-state index contributed by atoms with van der Waals surface area (Å²) in [4.78, 5) is 14.6. The number of ether oxygens (including phenoxy) is 1. The molecule has 0 bridgehead atoms. The van der Waals surface area contributed by atoms with E-state index in [9.17, 15) is 9.90 Å². The number of rotatable bonds is 9. The van der Waals surface area contributed by atoms with Gasteiger partial charge >= 0.3 is 0 Å². The molecule has 1 aromatic rings. The van der Waals surface area contributed by atoms with E-state index in [0.29, 0.717) is 24.5 Å². The predicted molar refractivity (Wildman–Crippen MR) is 116 cm³/mol. The van der Waals surface area contributed by atoms with Crippen molar-refractivity contribution < 1.29 is 14.6 Å². The first-order valence-corrected chi connectivity index (χ1v) is 11.3. The van der Waals surface area contributed by atoms with E-state index in [1.165, 1.54) is 36.8 Å². The molecule has 0 spiro atoms. The van der Waals surface area contributed by atoms with Crippen molar-refractivity contribution in [2.45, 2.75) is 71.9 Å². The highest BCUT2D eigenvalue weighted by Crippen LogP contribution is 2.34. The number of nitrogens with one attached hydrogen (secondary N) is 1. The third kappa shape index (κ3) is 5.73. The summed E-state index contributed by atoms with van der Waals surface area (Å²) >= 11 is 0. The number of carbonyl (C=O) groups excluding carboxylic acids is 1. The van der Waals surface area contributed by atoms with Gasteiger partial charge in [0, 0.05) is 38.0 Å². The first-order valence-electron chi connectivity index (χ1n) is 11.3. The molecule has 5 nitrogen and oxygen atoms in total. The summed E-state index contributed by atoms with van der Waals surface area (Å²) < 4.78 is 5.73. The second-order valence-electron chi connectivity index (χ2n) is 9.22. The van der Waals surface area contributed by atoms with Gasteiger partial charge in [0.05, 0.1) is 6.10 Å². The molecule has 162 valence electrons. The van der Waals surface area contributed by atoms with E-state index in [1.54, 1.807) is 6.92 Å². The zero-order valence-electron chi connectivity index (χ0n) is 18.5. The van der Waals surface area contributed by atoms with Crippen LogP contribution in [-0.2, 0) is 4.79 Å². The van der Waals surface area contributed by atoms with Gasteiger partial charge in [0.15, 0.2) is 0 Å². The van der Waals surface area contributed by atoms with Gasteiger partial charge in [-0.15, -0.1) is 0 Å². The second kappa shape index (κ2) is 9.94. The van der Waals surface area contributed by atoms with Gasteiger partial charge in [-0.25, -0.2) is 0 Å². The number of benzene rings is 1. The Morgan fingerprint density at radius 1 is 1.17 bits per heavy atom. The van der Waals surface area contributed by atoms with Crippen molar-refractivity contribution in [3.05, 3.63) is 28.8 Å². The molecule has 1 aliphatic carbocycles. The molecule has 29 heavy (non-hydrogen) atoms. The summed E-state index contributed by atoms with van der Waals surface area (Å²) in [5.74, 6) is 2.26. The van der Waals surface area contributed by atoms with Crippen LogP contribution in [0.25, 0.3) is 0 Å². The Morgan fingerprint density at radius 3 is 2.52 bits per heavy atom. The summed E-state index contributed by atoms with van der Waals surface area (Å²) in [7, 11) is 0. The van der Waals surface area contributed by atoms with E-state index < -0.39 is 6.10 Å². The quantitative estimate of drug-likeness (QED) is 0.660. The number of aliphatic hydroxyl groups is 1. The van der Waals surface area contributed by atoms with Crippen LogP contribution in [0.5, 0.6) is 5.75 Å². The summed E-state index contributed by atoms with van der Waals surface area (Å²) in [5, 5.41) is 12.6. The van der Waals surface area contributed by atoms with Crippen molar-refractivity contribution in [3.8, 4) is 5.75 Å². The van der Waals surface area contributed by atoms with Crippen LogP contribution in [0.1, 0.15) is 68.7 Å². The average Bonchev–Trinajstić information content (AvgIpc) is 3.14. The molecule has 2 atom stereocenters. The lowest BCUT2D eigenvalue weighted by molar-refractivity contribution is -0.122. The molecule has 2 aliphatic rings. The van der Waals surface area contributed by atoms with Crippen molar-refractivity contribution in [2.75, 3.05) is 26.2 Å². The number of likely N-dealkylation sites (tertiary alicyclic amines) is 1. The van der Waals surface area contributed by atoms with Gasteiger partial charge < -0.3 is 15.2 Å². The molecule has 5 heteroatoms. The van der Waals surface area contributed by atoms with Crippen molar-refractivity contribution in [2.24, 2.45) is 11.8 Å². The minimum absolute atomic E-state index is 0.239. The Kier molecular flexibility index (Phi) is 7.58. The molecule has 1 amide bonds. The Hall–Kier alpha value is -1.59. The van der Waals surface area contributed by atoms with Gasteiger partial charge in [0.1, 0.15) is 12.4 Å². The molecule has 1 unspecified atom stereocenters. The monoisotopic (exact) mass is 402 g/mol. The van der Waals surface area contributed by atoms with Crippen molar-refractivity contribution in [3.63, 3.8) is 0 Å². The first kappa shape index (κ1) is 22.1. The summed E-state index contributed by atoms with van der Waals surface area (Å²) in [6.07, 6.45) is 5.28. The van der Waals surface area contributed by atoms with Crippen LogP contribution in [0, 0.1) is 25.7 Å². The van der Waals surface area contributed by atoms with Crippen LogP contribution in [0.2, 0.25) is 0 Å². The summed E-state index contributed by atoms with van der Waals surface area (Å²) in [5.41, 5.74) is 3.73. The topological polar surface area (TPSA) is 61.8 Å². The van der Waals surface area contributed by atoms with E-state index in [4.69, 9.17) is 4.74 Å². The summed E-state index contributed by atoms with van der Waals surface area (Å²) in [6.45, 7) is 11.4. The Balaban J connectivity index is 1.45. The van der Waals surface area contributed by atoms with Gasteiger partial charge in [-0.1, -0.05) is 18.9 Å². The highest BCUT2D eigenvalue weighted by molar-refractivity contribution is 5.76. The highest BCUT2D eigenvalue weighted by Gasteiger charge is 2.32. The van der Waals surface area contributed by atoms with Gasteiger partial charge in [0.25, 0.3) is 0 Å². The standard InChI is InChI=1S/C24H38N2O3/c1-16(27)15-29-23-10-9-22(17(2)18(23)3)19(4)26-13-21(14-26)12-25-24(28)11-20-7-5-6-8-20/h9-10,16,19-21,27H,5-8,11-15H2,1-4H3,(H,25,28)/t16-,19?/m1/s1. The van der Waals surface area contributed by atoms with Crippen LogP contribution >= 0.6 is 0 Å². The lowest BCUT2D eigenvalue weighted by Crippen LogP contribution is -2.52. The van der Waals surface area contributed by atoms with Crippen LogP contribution in [0.3, 0.4) is 0 Å². The maximum absolute atomic E-state index is 12.1. The van der Waals surface area contributed by atoms with Crippen LogP contribution in [0.15, 0.2) is 12.1 Å². The SMILES string of the molecule is Cc1c(OC[C@@H](C)O)ccc(C(C)N2CC(CNC(=O)CC3CCCC3)C2)c1C. The largest absolute Gasteiger partial charge is 0.491 e. The minimum atomic E-state index is -0.468. The van der Waals surface area contributed by atoms with Crippen LogP contribution in [-0.4, -0.2) is 48.3 Å². The maximum atomic E-state index is 12.1. The molecule has 1 aromatic carbocycles. The molecular weight excluding hydrogens is 364 g/mol. The number of hydrogen-bond donors (Lipinski definition) is 2. The Morgan fingerprint density at radius 2 is 1.86 bits per heavy atom. The molecule has 3 rings (SSSR count). The molecule has 2 fully saturated rings. The number of nitrogens with zero attached hydrogens (tertiary/aromatic N) is 1. The number of carbonyl (C=O) groups is 1. The van der Waals surface area contributed by atoms with Gasteiger partial charge in [-0.3, -0.25) is 9.69 Å². The van der Waals surface area contributed by atoms with Crippen LogP contribution in [0.4, 0.5) is 0 Å². The van der Waals surface area contributed by atoms with Gasteiger partial charge in [-0.05, 0) is 69.2 Å². The number of amides is 1. The highest BCUT2D eigenvalue weighted by atomic mass is 16.5. The summed E-state index contributed by atoms with van der Waals surface area (Å²) in [6, 6.07) is 4.53. The Bertz CT molecular complexity index is 692. The zero-order chi connectivity index (χ0) is 21.0. The maximum Gasteiger partial charge on any atom is 0.220 e. The van der Waals surface area contributed by atoms with E-state index >= 15 is 0 Å². The molecule has 0 radical (unpaired) electrons. The molecule has 1 saturated carbocycles. The smallest absolute Gasteiger partial charge is 0.220 e. The Labute approximate surface area is 175 Å². The van der Waals surface area contributed by atoms with Crippen molar-refractivity contribution in [1.29, 1.82) is 0 Å². The van der Waals surface area contributed by atoms with E-state index in [1.807, 2.05) is 6.07 Å². The minimum Gasteiger partial charge on any atom is -0.491 e. The molecule has 2 N–H and O–H groups in total. The fraction of sp³-hybridized carbons (Fsp3) is 0.708. The lowest BCUT2D eigenvalue weighted by Gasteiger charge is -2.44. The van der Waals surface area contributed by atoms with Crippen LogP contribution < -0.4 is 10.1 Å². The zero-order valence-corrected chi connectivity index (χ0v) is 18.5. The fourth-order valence-corrected chi connectivity index (χ4v) is 4.69. The number of hydrogen-bond acceptors (Lipinski definition) is 4. The van der Waals surface area contributed by atoms with E-state index in [-0.39, 0.29) is 5.91 Å². The van der Waals surface area contributed by atoms with Gasteiger partial charge in [-0.2, -0.15) is 0 Å². The first-order chi connectivity index (χ1) is 13.8.